The van der Waals surface area contributed by atoms with Gasteiger partial charge in [0.05, 0.1) is 32.8 Å². The number of anilines is 1. The van der Waals surface area contributed by atoms with Crippen molar-refractivity contribution in [3.8, 4) is 39.9 Å². The van der Waals surface area contributed by atoms with Crippen LogP contribution < -0.4 is 19.5 Å². The quantitative estimate of drug-likeness (QED) is 0.338. The normalized spacial score (nSPS) is 10.6. The molecule has 0 saturated carbocycles. The summed E-state index contributed by atoms with van der Waals surface area (Å²) in [6, 6.07) is 13.0. The molecular weight excluding hydrogens is 462 g/mol. The summed E-state index contributed by atoms with van der Waals surface area (Å²) in [6.45, 7) is 0. The molecule has 0 aliphatic heterocycles. The first kappa shape index (κ1) is 22.6. The summed E-state index contributed by atoms with van der Waals surface area (Å²) in [7, 11) is 4.82. The Labute approximate surface area is 198 Å². The Morgan fingerprint density at radius 3 is 2.52 bits per heavy atom. The Kier molecular flexibility index (Phi) is 7.10. The van der Waals surface area contributed by atoms with Gasteiger partial charge < -0.3 is 19.5 Å². The van der Waals surface area contributed by atoms with Crippen molar-refractivity contribution in [1.82, 2.24) is 20.2 Å². The number of ether oxygens (including phenoxy) is 3. The molecule has 2 heterocycles. The highest BCUT2D eigenvalue weighted by molar-refractivity contribution is 7.99. The Morgan fingerprint density at radius 1 is 1.03 bits per heavy atom. The SMILES string of the molecule is COc1ccc(-c2nc(SCC(=O)Nc3nc(-c4cc(OC)ccc4OC)cs3)n[nH]2)cc1. The summed E-state index contributed by atoms with van der Waals surface area (Å²) in [5.74, 6) is 2.71. The van der Waals surface area contributed by atoms with Gasteiger partial charge in [0.2, 0.25) is 11.1 Å². The molecule has 9 nitrogen and oxygen atoms in total. The number of methoxy groups -OCH3 is 3. The highest BCUT2D eigenvalue weighted by Gasteiger charge is 2.14. The van der Waals surface area contributed by atoms with E-state index in [0.717, 1.165) is 16.9 Å². The van der Waals surface area contributed by atoms with Crippen LogP contribution in [0.1, 0.15) is 0 Å². The number of aromatic amines is 1. The molecule has 4 rings (SSSR count). The monoisotopic (exact) mass is 483 g/mol. The molecule has 11 heteroatoms. The van der Waals surface area contributed by atoms with Crippen molar-refractivity contribution in [3.05, 3.63) is 47.8 Å². The topological polar surface area (TPSA) is 111 Å². The van der Waals surface area contributed by atoms with Gasteiger partial charge in [-0.3, -0.25) is 9.89 Å². The summed E-state index contributed by atoms with van der Waals surface area (Å²) in [4.78, 5) is 21.4. The van der Waals surface area contributed by atoms with Crippen LogP contribution in [-0.4, -0.2) is 53.2 Å². The van der Waals surface area contributed by atoms with Gasteiger partial charge in [0.25, 0.3) is 0 Å². The molecule has 0 aliphatic carbocycles. The fourth-order valence-electron chi connectivity index (χ4n) is 2.94. The zero-order valence-electron chi connectivity index (χ0n) is 18.1. The number of carbonyl (C=O) groups excluding carboxylic acids is 1. The molecule has 1 amide bonds. The van der Waals surface area contributed by atoms with E-state index in [0.29, 0.717) is 33.3 Å². The lowest BCUT2D eigenvalue weighted by Crippen LogP contribution is -2.13. The van der Waals surface area contributed by atoms with Gasteiger partial charge >= 0.3 is 0 Å². The van der Waals surface area contributed by atoms with E-state index in [1.165, 1.54) is 23.1 Å². The van der Waals surface area contributed by atoms with Crippen LogP contribution >= 0.6 is 23.1 Å². The number of hydrogen-bond donors (Lipinski definition) is 2. The summed E-state index contributed by atoms with van der Waals surface area (Å²) in [5.41, 5.74) is 2.36. The molecule has 33 heavy (non-hydrogen) atoms. The third kappa shape index (κ3) is 5.44. The maximum absolute atomic E-state index is 12.4. The lowest BCUT2D eigenvalue weighted by Gasteiger charge is -2.08. The molecule has 0 spiro atoms. The fourth-order valence-corrected chi connectivity index (χ4v) is 4.27. The molecule has 0 atom stereocenters. The Bertz CT molecular complexity index is 1240. The van der Waals surface area contributed by atoms with E-state index >= 15 is 0 Å². The highest BCUT2D eigenvalue weighted by atomic mass is 32.2. The second-order valence-electron chi connectivity index (χ2n) is 6.64. The molecule has 0 fully saturated rings. The maximum Gasteiger partial charge on any atom is 0.236 e. The number of rotatable bonds is 9. The van der Waals surface area contributed by atoms with Gasteiger partial charge in [-0.1, -0.05) is 11.8 Å². The zero-order chi connectivity index (χ0) is 23.2. The predicted octanol–water partition coefficient (Wildman–Crippen LogP) is 4.35. The number of amides is 1. The minimum absolute atomic E-state index is 0.150. The number of thioether (sulfide) groups is 1. The lowest BCUT2D eigenvalue weighted by molar-refractivity contribution is -0.113. The second kappa shape index (κ2) is 10.4. The smallest absolute Gasteiger partial charge is 0.236 e. The first-order valence-electron chi connectivity index (χ1n) is 9.77. The van der Waals surface area contributed by atoms with Crippen LogP contribution in [0.2, 0.25) is 0 Å². The van der Waals surface area contributed by atoms with Gasteiger partial charge in [-0.05, 0) is 42.5 Å². The van der Waals surface area contributed by atoms with E-state index in [1.807, 2.05) is 47.8 Å². The van der Waals surface area contributed by atoms with Crippen LogP contribution in [0.3, 0.4) is 0 Å². The molecule has 0 unspecified atom stereocenters. The van der Waals surface area contributed by atoms with Crippen molar-refractivity contribution < 1.29 is 19.0 Å². The molecule has 0 aliphatic rings. The van der Waals surface area contributed by atoms with E-state index in [4.69, 9.17) is 14.2 Å². The molecular formula is C22H21N5O4S2. The van der Waals surface area contributed by atoms with Crippen LogP contribution in [0.5, 0.6) is 17.2 Å². The fraction of sp³-hybridized carbons (Fsp3) is 0.182. The van der Waals surface area contributed by atoms with E-state index < -0.39 is 0 Å². The molecule has 0 radical (unpaired) electrons. The van der Waals surface area contributed by atoms with Gasteiger partial charge in [0, 0.05) is 16.5 Å². The number of carbonyl (C=O) groups is 1. The third-order valence-corrected chi connectivity index (χ3v) is 6.20. The number of aromatic nitrogens is 4. The number of H-pyrrole nitrogens is 1. The molecule has 2 aromatic carbocycles. The van der Waals surface area contributed by atoms with E-state index in [9.17, 15) is 4.79 Å². The van der Waals surface area contributed by atoms with Crippen molar-refractivity contribution in [2.75, 3.05) is 32.4 Å². The predicted molar refractivity (Wildman–Crippen MR) is 128 cm³/mol. The van der Waals surface area contributed by atoms with Crippen LogP contribution in [0.4, 0.5) is 5.13 Å². The molecule has 170 valence electrons. The zero-order valence-corrected chi connectivity index (χ0v) is 19.8. The minimum Gasteiger partial charge on any atom is -0.497 e. The van der Waals surface area contributed by atoms with E-state index in [1.54, 1.807) is 21.3 Å². The highest BCUT2D eigenvalue weighted by Crippen LogP contribution is 2.35. The van der Waals surface area contributed by atoms with Gasteiger partial charge in [-0.25, -0.2) is 9.97 Å². The lowest BCUT2D eigenvalue weighted by atomic mass is 10.1. The number of hydrogen-bond acceptors (Lipinski definition) is 9. The molecule has 2 aromatic heterocycles. The summed E-state index contributed by atoms with van der Waals surface area (Å²) >= 11 is 2.57. The van der Waals surface area contributed by atoms with Crippen molar-refractivity contribution in [3.63, 3.8) is 0 Å². The first-order valence-corrected chi connectivity index (χ1v) is 11.6. The van der Waals surface area contributed by atoms with Crippen molar-refractivity contribution in [1.29, 1.82) is 0 Å². The summed E-state index contributed by atoms with van der Waals surface area (Å²) in [6.07, 6.45) is 0. The molecule has 2 N–H and O–H groups in total. The van der Waals surface area contributed by atoms with Crippen molar-refractivity contribution in [2.45, 2.75) is 5.16 Å². The molecule has 0 bridgehead atoms. The average Bonchev–Trinajstić information content (AvgIpc) is 3.52. The van der Waals surface area contributed by atoms with Gasteiger partial charge in [-0.15, -0.1) is 16.4 Å². The molecule has 4 aromatic rings. The summed E-state index contributed by atoms with van der Waals surface area (Å²) in [5, 5.41) is 12.7. The van der Waals surface area contributed by atoms with Gasteiger partial charge in [0.15, 0.2) is 11.0 Å². The van der Waals surface area contributed by atoms with Crippen molar-refractivity contribution in [2.24, 2.45) is 0 Å². The summed E-state index contributed by atoms with van der Waals surface area (Å²) < 4.78 is 15.9. The van der Waals surface area contributed by atoms with Gasteiger partial charge in [-0.2, -0.15) is 0 Å². The minimum atomic E-state index is -0.200. The van der Waals surface area contributed by atoms with Crippen LogP contribution in [0.15, 0.2) is 53.0 Å². The Morgan fingerprint density at radius 2 is 1.79 bits per heavy atom. The van der Waals surface area contributed by atoms with Crippen molar-refractivity contribution >= 4 is 34.1 Å². The van der Waals surface area contributed by atoms with Crippen LogP contribution in [0.25, 0.3) is 22.6 Å². The average molecular weight is 484 g/mol. The standard InChI is InChI=1S/C22H21N5O4S2/c1-29-14-6-4-13(5-7-14)20-25-22(27-26-20)33-12-19(28)24-21-23-17(11-32-21)16-10-15(30-2)8-9-18(16)31-3/h4-11H,12H2,1-3H3,(H,23,24,28)(H,25,26,27). The number of nitrogens with one attached hydrogen (secondary N) is 2. The first-order chi connectivity index (χ1) is 16.1. The molecule has 0 saturated heterocycles. The second-order valence-corrected chi connectivity index (χ2v) is 8.44. The largest absolute Gasteiger partial charge is 0.497 e. The van der Waals surface area contributed by atoms with E-state index in [-0.39, 0.29) is 11.7 Å². The van der Waals surface area contributed by atoms with Crippen LogP contribution in [-0.2, 0) is 4.79 Å². The Balaban J connectivity index is 1.36. The van der Waals surface area contributed by atoms with E-state index in [2.05, 4.69) is 25.5 Å². The number of thiazole rings is 1. The van der Waals surface area contributed by atoms with Gasteiger partial charge in [0.1, 0.15) is 17.2 Å². The Hall–Kier alpha value is -3.57. The van der Waals surface area contributed by atoms with Crippen LogP contribution in [0, 0.1) is 0 Å². The maximum atomic E-state index is 12.4. The number of nitrogens with zero attached hydrogens (tertiary/aromatic N) is 3. The third-order valence-electron chi connectivity index (χ3n) is 4.59. The number of benzene rings is 2.